The largest absolute Gasteiger partial charge is 0.479 e. The summed E-state index contributed by atoms with van der Waals surface area (Å²) in [6.07, 6.45) is -0.770. The molecule has 0 aliphatic carbocycles. The lowest BCUT2D eigenvalue weighted by molar-refractivity contribution is -0.122. The standard InChI is InChI=1S/C12H11N3O3/c1-7-12(17)15-9-3-2-8(6-10(9)18-7)14-11(16)4-5-13/h2-3,6-7H,4H2,1H3,(H,14,16)(H,15,17). The van der Waals surface area contributed by atoms with Crippen molar-refractivity contribution in [3.63, 3.8) is 0 Å². The second-order valence-electron chi connectivity index (χ2n) is 3.84. The molecule has 1 atom stereocenters. The fourth-order valence-electron chi connectivity index (χ4n) is 1.56. The molecule has 0 radical (unpaired) electrons. The van der Waals surface area contributed by atoms with Crippen molar-refractivity contribution in [1.29, 1.82) is 5.26 Å². The number of ether oxygens (including phenoxy) is 1. The second kappa shape index (κ2) is 4.75. The summed E-state index contributed by atoms with van der Waals surface area (Å²) in [5.74, 6) is -0.0917. The van der Waals surface area contributed by atoms with E-state index in [1.807, 2.05) is 0 Å². The average molecular weight is 245 g/mol. The molecular weight excluding hydrogens is 234 g/mol. The molecule has 1 heterocycles. The van der Waals surface area contributed by atoms with Crippen molar-refractivity contribution in [2.45, 2.75) is 19.4 Å². The van der Waals surface area contributed by atoms with Gasteiger partial charge in [-0.25, -0.2) is 0 Å². The number of hydrogen-bond donors (Lipinski definition) is 2. The summed E-state index contributed by atoms with van der Waals surface area (Å²) < 4.78 is 5.40. The third-order valence-electron chi connectivity index (χ3n) is 2.44. The lowest BCUT2D eigenvalue weighted by Gasteiger charge is -2.23. The highest BCUT2D eigenvalue weighted by molar-refractivity contribution is 5.98. The summed E-state index contributed by atoms with van der Waals surface area (Å²) in [5.41, 5.74) is 1.09. The maximum Gasteiger partial charge on any atom is 0.265 e. The monoisotopic (exact) mass is 245 g/mol. The van der Waals surface area contributed by atoms with Crippen LogP contribution in [0.3, 0.4) is 0 Å². The normalized spacial score (nSPS) is 16.9. The molecule has 0 spiro atoms. The van der Waals surface area contributed by atoms with Crippen LogP contribution in [0, 0.1) is 11.3 Å². The van der Waals surface area contributed by atoms with Crippen molar-refractivity contribution in [2.75, 3.05) is 10.6 Å². The minimum atomic E-state index is -0.567. The fourth-order valence-corrected chi connectivity index (χ4v) is 1.56. The first kappa shape index (κ1) is 11.9. The first-order chi connectivity index (χ1) is 8.60. The van der Waals surface area contributed by atoms with Gasteiger partial charge in [-0.3, -0.25) is 9.59 Å². The minimum absolute atomic E-state index is 0.203. The molecule has 0 fully saturated rings. The Kier molecular flexibility index (Phi) is 3.15. The Morgan fingerprint density at radius 3 is 3.11 bits per heavy atom. The average Bonchev–Trinajstić information content (AvgIpc) is 2.31. The highest BCUT2D eigenvalue weighted by Crippen LogP contribution is 2.32. The van der Waals surface area contributed by atoms with Crippen LogP contribution in [-0.2, 0) is 9.59 Å². The molecule has 1 unspecified atom stereocenters. The molecule has 2 N–H and O–H groups in total. The number of nitrogens with one attached hydrogen (secondary N) is 2. The van der Waals surface area contributed by atoms with E-state index >= 15 is 0 Å². The number of anilines is 2. The molecule has 1 aliphatic heterocycles. The summed E-state index contributed by atoms with van der Waals surface area (Å²) in [7, 11) is 0. The lowest BCUT2D eigenvalue weighted by Crippen LogP contribution is -2.34. The van der Waals surface area contributed by atoms with Crippen molar-refractivity contribution in [3.8, 4) is 11.8 Å². The third kappa shape index (κ3) is 2.40. The van der Waals surface area contributed by atoms with Gasteiger partial charge in [-0.05, 0) is 19.1 Å². The van der Waals surface area contributed by atoms with Crippen LogP contribution in [0.5, 0.6) is 5.75 Å². The third-order valence-corrected chi connectivity index (χ3v) is 2.44. The topological polar surface area (TPSA) is 91.2 Å². The van der Waals surface area contributed by atoms with Gasteiger partial charge >= 0.3 is 0 Å². The fraction of sp³-hybridized carbons (Fsp3) is 0.250. The molecule has 1 aromatic rings. The number of amides is 2. The zero-order valence-corrected chi connectivity index (χ0v) is 9.69. The van der Waals surface area contributed by atoms with E-state index < -0.39 is 6.10 Å². The Labute approximate surface area is 104 Å². The Morgan fingerprint density at radius 1 is 1.61 bits per heavy atom. The van der Waals surface area contributed by atoms with E-state index in [1.54, 1.807) is 31.2 Å². The molecule has 1 aliphatic rings. The molecule has 0 bridgehead atoms. The SMILES string of the molecule is CC1Oc2cc(NC(=O)CC#N)ccc2NC1=O. The maximum atomic E-state index is 11.4. The second-order valence-corrected chi connectivity index (χ2v) is 3.84. The van der Waals surface area contributed by atoms with Gasteiger partial charge in [0.15, 0.2) is 6.10 Å². The smallest absolute Gasteiger partial charge is 0.265 e. The highest BCUT2D eigenvalue weighted by atomic mass is 16.5. The van der Waals surface area contributed by atoms with Crippen molar-refractivity contribution < 1.29 is 14.3 Å². The Hall–Kier alpha value is -2.55. The van der Waals surface area contributed by atoms with Gasteiger partial charge in [0, 0.05) is 11.8 Å². The maximum absolute atomic E-state index is 11.4. The molecule has 1 aromatic carbocycles. The van der Waals surface area contributed by atoms with E-state index in [-0.39, 0.29) is 18.2 Å². The van der Waals surface area contributed by atoms with Gasteiger partial charge in [-0.2, -0.15) is 5.26 Å². The Morgan fingerprint density at radius 2 is 2.39 bits per heavy atom. The predicted molar refractivity (Wildman–Crippen MR) is 64.0 cm³/mol. The number of nitrogens with zero attached hydrogens (tertiary/aromatic N) is 1. The Balaban J connectivity index is 2.18. The summed E-state index contributed by atoms with van der Waals surface area (Å²) >= 11 is 0. The molecule has 92 valence electrons. The van der Waals surface area contributed by atoms with Crippen LogP contribution in [0.1, 0.15) is 13.3 Å². The highest BCUT2D eigenvalue weighted by Gasteiger charge is 2.23. The molecule has 0 aromatic heterocycles. The van der Waals surface area contributed by atoms with Crippen LogP contribution < -0.4 is 15.4 Å². The quantitative estimate of drug-likeness (QED) is 0.820. The van der Waals surface area contributed by atoms with Crippen LogP contribution in [0.25, 0.3) is 0 Å². The molecule has 6 heteroatoms. The van der Waals surface area contributed by atoms with Gasteiger partial charge in [0.1, 0.15) is 12.2 Å². The number of carbonyl (C=O) groups is 2. The molecule has 0 saturated heterocycles. The van der Waals surface area contributed by atoms with E-state index in [2.05, 4.69) is 10.6 Å². The number of nitriles is 1. The lowest BCUT2D eigenvalue weighted by atomic mass is 10.2. The van der Waals surface area contributed by atoms with Crippen LogP contribution >= 0.6 is 0 Å². The minimum Gasteiger partial charge on any atom is -0.479 e. The van der Waals surface area contributed by atoms with Crippen molar-refractivity contribution in [3.05, 3.63) is 18.2 Å². The van der Waals surface area contributed by atoms with E-state index in [0.29, 0.717) is 17.1 Å². The molecule has 2 amide bonds. The van der Waals surface area contributed by atoms with Crippen LogP contribution in [-0.4, -0.2) is 17.9 Å². The van der Waals surface area contributed by atoms with Gasteiger partial charge in [0.05, 0.1) is 11.8 Å². The van der Waals surface area contributed by atoms with Gasteiger partial charge < -0.3 is 15.4 Å². The zero-order valence-electron chi connectivity index (χ0n) is 9.69. The van der Waals surface area contributed by atoms with Gasteiger partial charge in [-0.15, -0.1) is 0 Å². The van der Waals surface area contributed by atoms with Crippen LogP contribution in [0.2, 0.25) is 0 Å². The number of carbonyl (C=O) groups excluding carboxylic acids is 2. The number of benzene rings is 1. The predicted octanol–water partition coefficient (Wildman–Crippen LogP) is 1.26. The molecule has 6 nitrogen and oxygen atoms in total. The van der Waals surface area contributed by atoms with Gasteiger partial charge in [-0.1, -0.05) is 0 Å². The number of hydrogen-bond acceptors (Lipinski definition) is 4. The van der Waals surface area contributed by atoms with E-state index in [9.17, 15) is 9.59 Å². The van der Waals surface area contributed by atoms with Crippen LogP contribution in [0.15, 0.2) is 18.2 Å². The first-order valence-electron chi connectivity index (χ1n) is 5.38. The van der Waals surface area contributed by atoms with E-state index in [0.717, 1.165) is 0 Å². The van der Waals surface area contributed by atoms with Gasteiger partial charge in [0.25, 0.3) is 5.91 Å². The zero-order chi connectivity index (χ0) is 13.1. The summed E-state index contributed by atoms with van der Waals surface area (Å²) in [6.45, 7) is 1.64. The molecule has 18 heavy (non-hydrogen) atoms. The van der Waals surface area contributed by atoms with Crippen molar-refractivity contribution in [1.82, 2.24) is 0 Å². The van der Waals surface area contributed by atoms with Crippen molar-refractivity contribution >= 4 is 23.2 Å². The number of rotatable bonds is 2. The van der Waals surface area contributed by atoms with Crippen LogP contribution in [0.4, 0.5) is 11.4 Å². The summed E-state index contributed by atoms with van der Waals surface area (Å²) in [6, 6.07) is 6.65. The molecular formula is C12H11N3O3. The van der Waals surface area contributed by atoms with E-state index in [4.69, 9.17) is 10.00 Å². The van der Waals surface area contributed by atoms with Gasteiger partial charge in [0.2, 0.25) is 5.91 Å². The summed E-state index contributed by atoms with van der Waals surface area (Å²) in [5, 5.41) is 13.6. The number of fused-ring (bicyclic) bond motifs is 1. The molecule has 0 saturated carbocycles. The van der Waals surface area contributed by atoms with E-state index in [1.165, 1.54) is 0 Å². The first-order valence-corrected chi connectivity index (χ1v) is 5.38. The molecule has 2 rings (SSSR count). The summed E-state index contributed by atoms with van der Waals surface area (Å²) in [4.78, 5) is 22.6. The Bertz CT molecular complexity index is 548. The van der Waals surface area contributed by atoms with Crippen molar-refractivity contribution in [2.24, 2.45) is 0 Å².